The number of nitrogens with one attached hydrogen (secondary N) is 1. The number of rotatable bonds is 6. The van der Waals surface area contributed by atoms with Gasteiger partial charge in [-0.05, 0) is 12.1 Å². The molecule has 2 heterocycles. The normalized spacial score (nSPS) is 10.6. The molecule has 0 aliphatic heterocycles. The highest BCUT2D eigenvalue weighted by Crippen LogP contribution is 1.97. The first kappa shape index (κ1) is 14.9. The second-order valence-electron chi connectivity index (χ2n) is 4.40. The van der Waals surface area contributed by atoms with E-state index < -0.39 is 0 Å². The molecular formula is C13H17N5O3. The summed E-state index contributed by atoms with van der Waals surface area (Å²) in [6, 6.07) is 4.54. The summed E-state index contributed by atoms with van der Waals surface area (Å²) in [6.07, 6.45) is 1.66. The molecule has 0 saturated carbocycles. The van der Waals surface area contributed by atoms with Crippen LogP contribution in [0, 0.1) is 0 Å². The average molecular weight is 291 g/mol. The Balaban J connectivity index is 2.05. The van der Waals surface area contributed by atoms with E-state index in [1.54, 1.807) is 17.9 Å². The van der Waals surface area contributed by atoms with E-state index in [4.69, 9.17) is 4.74 Å². The maximum Gasteiger partial charge on any atom is 0.272 e. The highest BCUT2D eigenvalue weighted by Gasteiger charge is 2.10. The monoisotopic (exact) mass is 291 g/mol. The summed E-state index contributed by atoms with van der Waals surface area (Å²) >= 11 is 0. The van der Waals surface area contributed by atoms with Crippen LogP contribution in [0.15, 0.2) is 29.2 Å². The van der Waals surface area contributed by atoms with Crippen LogP contribution in [-0.2, 0) is 24.9 Å². The van der Waals surface area contributed by atoms with Crippen molar-refractivity contribution in [2.24, 2.45) is 7.05 Å². The van der Waals surface area contributed by atoms with Crippen LogP contribution in [0.1, 0.15) is 16.2 Å². The first-order valence-electron chi connectivity index (χ1n) is 6.44. The van der Waals surface area contributed by atoms with Crippen LogP contribution in [0.2, 0.25) is 0 Å². The van der Waals surface area contributed by atoms with Gasteiger partial charge in [-0.15, -0.1) is 0 Å². The van der Waals surface area contributed by atoms with Gasteiger partial charge in [0.15, 0.2) is 0 Å². The van der Waals surface area contributed by atoms with Crippen molar-refractivity contribution >= 4 is 5.91 Å². The SMILES string of the molecule is COCCn1nc(C(=O)NCc2ccnn2C)ccc1=O. The fraction of sp³-hybridized carbons (Fsp3) is 0.385. The number of nitrogens with zero attached hydrogens (tertiary/aromatic N) is 4. The first-order chi connectivity index (χ1) is 10.1. The largest absolute Gasteiger partial charge is 0.383 e. The molecule has 112 valence electrons. The van der Waals surface area contributed by atoms with Gasteiger partial charge in [0.2, 0.25) is 0 Å². The van der Waals surface area contributed by atoms with Crippen LogP contribution in [0.4, 0.5) is 0 Å². The fourth-order valence-electron chi connectivity index (χ4n) is 1.74. The molecule has 0 atom stereocenters. The summed E-state index contributed by atoms with van der Waals surface area (Å²) in [4.78, 5) is 23.6. The van der Waals surface area contributed by atoms with E-state index in [0.717, 1.165) is 5.69 Å². The second-order valence-corrected chi connectivity index (χ2v) is 4.40. The van der Waals surface area contributed by atoms with E-state index in [-0.39, 0.29) is 17.2 Å². The number of methoxy groups -OCH3 is 1. The molecule has 1 N–H and O–H groups in total. The zero-order valence-corrected chi connectivity index (χ0v) is 11.9. The zero-order chi connectivity index (χ0) is 15.2. The van der Waals surface area contributed by atoms with E-state index in [9.17, 15) is 9.59 Å². The summed E-state index contributed by atoms with van der Waals surface area (Å²) in [5, 5.41) is 10.8. The number of amides is 1. The van der Waals surface area contributed by atoms with Crippen molar-refractivity contribution in [2.45, 2.75) is 13.1 Å². The molecule has 0 radical (unpaired) electrons. The third kappa shape index (κ3) is 3.76. The minimum Gasteiger partial charge on any atom is -0.383 e. The maximum absolute atomic E-state index is 12.0. The van der Waals surface area contributed by atoms with Gasteiger partial charge < -0.3 is 10.1 Å². The summed E-state index contributed by atoms with van der Waals surface area (Å²) in [7, 11) is 3.33. The topological polar surface area (TPSA) is 91.0 Å². The summed E-state index contributed by atoms with van der Waals surface area (Å²) in [5.41, 5.74) is 0.791. The molecule has 0 fully saturated rings. The smallest absolute Gasteiger partial charge is 0.272 e. The number of hydrogen-bond donors (Lipinski definition) is 1. The Kier molecular flexibility index (Phi) is 4.83. The van der Waals surface area contributed by atoms with E-state index in [2.05, 4.69) is 15.5 Å². The van der Waals surface area contributed by atoms with Gasteiger partial charge in [0.1, 0.15) is 5.69 Å². The lowest BCUT2D eigenvalue weighted by Gasteiger charge is -2.07. The number of aryl methyl sites for hydroxylation is 1. The Labute approximate surface area is 121 Å². The lowest BCUT2D eigenvalue weighted by atomic mass is 10.3. The lowest BCUT2D eigenvalue weighted by molar-refractivity contribution is 0.0941. The standard InChI is InChI=1S/C13H17N5O3/c1-17-10(5-6-15-17)9-14-13(20)11-3-4-12(19)18(16-11)7-8-21-2/h3-6H,7-9H2,1-2H3,(H,14,20). The molecule has 0 bridgehead atoms. The lowest BCUT2D eigenvalue weighted by Crippen LogP contribution is -2.30. The van der Waals surface area contributed by atoms with Crippen molar-refractivity contribution in [1.82, 2.24) is 24.9 Å². The zero-order valence-electron chi connectivity index (χ0n) is 11.9. The molecular weight excluding hydrogens is 274 g/mol. The van der Waals surface area contributed by atoms with Crippen molar-refractivity contribution in [3.8, 4) is 0 Å². The molecule has 2 aromatic heterocycles. The molecule has 0 spiro atoms. The summed E-state index contributed by atoms with van der Waals surface area (Å²) in [5.74, 6) is -0.345. The predicted octanol–water partition coefficient (Wildman–Crippen LogP) is -0.447. The molecule has 0 saturated heterocycles. The highest BCUT2D eigenvalue weighted by molar-refractivity contribution is 5.91. The maximum atomic E-state index is 12.0. The van der Waals surface area contributed by atoms with E-state index in [1.165, 1.54) is 23.9 Å². The van der Waals surface area contributed by atoms with Crippen LogP contribution >= 0.6 is 0 Å². The highest BCUT2D eigenvalue weighted by atomic mass is 16.5. The Morgan fingerprint density at radius 1 is 1.38 bits per heavy atom. The van der Waals surface area contributed by atoms with Gasteiger partial charge in [-0.3, -0.25) is 14.3 Å². The molecule has 2 rings (SSSR count). The van der Waals surface area contributed by atoms with Gasteiger partial charge in [0.25, 0.3) is 11.5 Å². The van der Waals surface area contributed by atoms with Crippen molar-refractivity contribution in [1.29, 1.82) is 0 Å². The molecule has 8 nitrogen and oxygen atoms in total. The Morgan fingerprint density at radius 2 is 2.19 bits per heavy atom. The number of hydrogen-bond acceptors (Lipinski definition) is 5. The second kappa shape index (κ2) is 6.80. The minimum atomic E-state index is -0.345. The van der Waals surface area contributed by atoms with Crippen molar-refractivity contribution < 1.29 is 9.53 Å². The molecule has 0 aliphatic rings. The number of aromatic nitrogens is 4. The van der Waals surface area contributed by atoms with Crippen molar-refractivity contribution in [2.75, 3.05) is 13.7 Å². The van der Waals surface area contributed by atoms with Crippen LogP contribution < -0.4 is 10.9 Å². The van der Waals surface area contributed by atoms with Gasteiger partial charge in [-0.25, -0.2) is 4.68 Å². The molecule has 0 unspecified atom stereocenters. The number of carbonyl (C=O) groups is 1. The third-order valence-electron chi connectivity index (χ3n) is 2.96. The van der Waals surface area contributed by atoms with Gasteiger partial charge in [0, 0.05) is 26.4 Å². The summed E-state index contributed by atoms with van der Waals surface area (Å²) in [6.45, 7) is 0.999. The van der Waals surface area contributed by atoms with Crippen LogP contribution in [0.25, 0.3) is 0 Å². The van der Waals surface area contributed by atoms with Crippen LogP contribution in [0.3, 0.4) is 0 Å². The first-order valence-corrected chi connectivity index (χ1v) is 6.44. The Bertz CT molecular complexity index is 676. The van der Waals surface area contributed by atoms with E-state index in [0.29, 0.717) is 19.7 Å². The van der Waals surface area contributed by atoms with Crippen molar-refractivity contribution in [3.63, 3.8) is 0 Å². The van der Waals surface area contributed by atoms with Crippen molar-refractivity contribution in [3.05, 3.63) is 46.1 Å². The van der Waals surface area contributed by atoms with E-state index >= 15 is 0 Å². The van der Waals surface area contributed by atoms with Gasteiger partial charge >= 0.3 is 0 Å². The predicted molar refractivity (Wildman–Crippen MR) is 74.8 cm³/mol. The molecule has 8 heteroatoms. The van der Waals surface area contributed by atoms with Gasteiger partial charge in [-0.1, -0.05) is 0 Å². The molecule has 2 aromatic rings. The number of carbonyl (C=O) groups excluding carboxylic acids is 1. The molecule has 1 amide bonds. The Hall–Kier alpha value is -2.48. The molecule has 0 aliphatic carbocycles. The van der Waals surface area contributed by atoms with Gasteiger partial charge in [-0.2, -0.15) is 10.2 Å². The Morgan fingerprint density at radius 3 is 2.86 bits per heavy atom. The number of ether oxygens (including phenoxy) is 1. The van der Waals surface area contributed by atoms with E-state index in [1.807, 2.05) is 6.07 Å². The quantitative estimate of drug-likeness (QED) is 0.778. The summed E-state index contributed by atoms with van der Waals surface area (Å²) < 4.78 is 7.79. The minimum absolute atomic E-state index is 0.188. The third-order valence-corrected chi connectivity index (χ3v) is 2.96. The van der Waals surface area contributed by atoms with Gasteiger partial charge in [0.05, 0.1) is 25.4 Å². The van der Waals surface area contributed by atoms with Crippen LogP contribution in [0.5, 0.6) is 0 Å². The fourth-order valence-corrected chi connectivity index (χ4v) is 1.74. The van der Waals surface area contributed by atoms with Crippen LogP contribution in [-0.4, -0.2) is 39.2 Å². The molecule has 0 aromatic carbocycles. The average Bonchev–Trinajstić information content (AvgIpc) is 2.89. The molecule has 21 heavy (non-hydrogen) atoms.